The van der Waals surface area contributed by atoms with Crippen LogP contribution in [0.2, 0.25) is 0 Å². The van der Waals surface area contributed by atoms with Crippen molar-refractivity contribution < 1.29 is 19.1 Å². The first-order chi connectivity index (χ1) is 14.5. The summed E-state index contributed by atoms with van der Waals surface area (Å²) in [6.45, 7) is 4.15. The molecule has 7 nitrogen and oxygen atoms in total. The van der Waals surface area contributed by atoms with Crippen molar-refractivity contribution >= 4 is 17.9 Å². The van der Waals surface area contributed by atoms with Gasteiger partial charge in [0.25, 0.3) is 0 Å². The third-order valence-electron chi connectivity index (χ3n) is 4.52. The lowest BCUT2D eigenvalue weighted by Gasteiger charge is -2.23. The fourth-order valence-electron chi connectivity index (χ4n) is 3.03. The van der Waals surface area contributed by atoms with Crippen molar-refractivity contribution in [1.29, 1.82) is 0 Å². The van der Waals surface area contributed by atoms with Crippen LogP contribution in [-0.2, 0) is 20.7 Å². The number of ether oxygens (including phenoxy) is 1. The van der Waals surface area contributed by atoms with Gasteiger partial charge in [-0.15, -0.1) is 0 Å². The van der Waals surface area contributed by atoms with Gasteiger partial charge in [0.2, 0.25) is 11.8 Å². The topological polar surface area (TPSA) is 87.7 Å². The summed E-state index contributed by atoms with van der Waals surface area (Å²) in [7, 11) is 0. The maximum Gasteiger partial charge on any atom is 0.413 e. The van der Waals surface area contributed by atoms with Gasteiger partial charge < -0.3 is 10.1 Å². The highest BCUT2D eigenvalue weighted by Gasteiger charge is 2.19. The van der Waals surface area contributed by atoms with Crippen LogP contribution in [0.5, 0.6) is 0 Å². The van der Waals surface area contributed by atoms with Crippen LogP contribution in [0.15, 0.2) is 60.7 Å². The molecule has 0 radical (unpaired) electrons. The number of hydrogen-bond donors (Lipinski definition) is 2. The molecular formula is C23H29N3O4. The van der Waals surface area contributed by atoms with E-state index < -0.39 is 12.0 Å². The van der Waals surface area contributed by atoms with Crippen molar-refractivity contribution in [3.63, 3.8) is 0 Å². The van der Waals surface area contributed by atoms with Gasteiger partial charge in [0.15, 0.2) is 0 Å². The van der Waals surface area contributed by atoms with Crippen LogP contribution in [0.25, 0.3) is 0 Å². The molecule has 0 heterocycles. The largest absolute Gasteiger partial charge is 0.450 e. The molecule has 2 rings (SSSR count). The van der Waals surface area contributed by atoms with E-state index in [1.165, 1.54) is 0 Å². The fourth-order valence-corrected chi connectivity index (χ4v) is 3.03. The van der Waals surface area contributed by atoms with E-state index in [2.05, 4.69) is 10.6 Å². The Bertz CT molecular complexity index is 812. The highest BCUT2D eigenvalue weighted by molar-refractivity contribution is 5.93. The Hall–Kier alpha value is -3.19. The molecule has 2 N–H and O–H groups in total. The van der Waals surface area contributed by atoms with E-state index >= 15 is 0 Å². The Morgan fingerprint density at radius 3 is 2.10 bits per heavy atom. The second-order valence-corrected chi connectivity index (χ2v) is 6.79. The van der Waals surface area contributed by atoms with Crippen molar-refractivity contribution in [3.8, 4) is 0 Å². The minimum Gasteiger partial charge on any atom is -0.450 e. The molecule has 7 heteroatoms. The number of nitrogens with zero attached hydrogens (tertiary/aromatic N) is 1. The summed E-state index contributed by atoms with van der Waals surface area (Å²) in [6.07, 6.45) is -0.124. The van der Waals surface area contributed by atoms with Crippen LogP contribution in [-0.4, -0.2) is 49.0 Å². The van der Waals surface area contributed by atoms with Crippen LogP contribution >= 0.6 is 0 Å². The minimum atomic E-state index is -0.782. The number of rotatable bonds is 10. The summed E-state index contributed by atoms with van der Waals surface area (Å²) in [4.78, 5) is 37.7. The lowest BCUT2D eigenvalue weighted by Crippen LogP contribution is -2.45. The molecule has 0 saturated heterocycles. The molecular weight excluding hydrogens is 382 g/mol. The molecule has 0 aliphatic heterocycles. The van der Waals surface area contributed by atoms with Crippen molar-refractivity contribution in [2.75, 3.05) is 26.2 Å². The van der Waals surface area contributed by atoms with Gasteiger partial charge >= 0.3 is 6.09 Å². The summed E-state index contributed by atoms with van der Waals surface area (Å²) >= 11 is 0. The van der Waals surface area contributed by atoms with Gasteiger partial charge in [-0.1, -0.05) is 67.6 Å². The standard InChI is InChI=1S/C23H29N3O4/c1-3-26(17-22(28)25-23(29)30-4-2)16-21(27)24-20(19-13-9-6-10-14-19)15-18-11-7-5-8-12-18/h5-14,20H,3-4,15-17H2,1-2H3,(H,24,27)(H,25,28,29)/t20-/m0/s1. The first-order valence-corrected chi connectivity index (χ1v) is 10.1. The number of amides is 3. The second kappa shape index (κ2) is 12.4. The summed E-state index contributed by atoms with van der Waals surface area (Å²) in [5, 5.41) is 5.22. The third kappa shape index (κ3) is 8.05. The van der Waals surface area contributed by atoms with Crippen molar-refractivity contribution in [2.45, 2.75) is 26.3 Å². The van der Waals surface area contributed by atoms with Gasteiger partial charge in [0.05, 0.1) is 25.7 Å². The number of alkyl carbamates (subject to hydrolysis) is 1. The average molecular weight is 412 g/mol. The van der Waals surface area contributed by atoms with E-state index in [1.54, 1.807) is 11.8 Å². The Kier molecular flexibility index (Phi) is 9.54. The van der Waals surface area contributed by atoms with Gasteiger partial charge in [-0.25, -0.2) is 4.79 Å². The fraction of sp³-hybridized carbons (Fsp3) is 0.348. The van der Waals surface area contributed by atoms with E-state index in [4.69, 9.17) is 4.74 Å². The molecule has 30 heavy (non-hydrogen) atoms. The van der Waals surface area contributed by atoms with Crippen molar-refractivity contribution in [1.82, 2.24) is 15.5 Å². The zero-order valence-electron chi connectivity index (χ0n) is 17.5. The lowest BCUT2D eigenvalue weighted by atomic mass is 9.99. The van der Waals surface area contributed by atoms with Gasteiger partial charge in [0, 0.05) is 0 Å². The predicted octanol–water partition coefficient (Wildman–Crippen LogP) is 2.68. The molecule has 2 aromatic rings. The number of nitrogens with one attached hydrogen (secondary N) is 2. The molecule has 0 unspecified atom stereocenters. The van der Waals surface area contributed by atoms with Crippen molar-refractivity contribution in [3.05, 3.63) is 71.8 Å². The van der Waals surface area contributed by atoms with Gasteiger partial charge in [0.1, 0.15) is 0 Å². The molecule has 0 saturated carbocycles. The highest BCUT2D eigenvalue weighted by atomic mass is 16.5. The number of benzene rings is 2. The van der Waals surface area contributed by atoms with Gasteiger partial charge in [-0.05, 0) is 31.0 Å². The van der Waals surface area contributed by atoms with Crippen LogP contribution in [0.1, 0.15) is 31.0 Å². The summed E-state index contributed by atoms with van der Waals surface area (Å²) < 4.78 is 4.70. The van der Waals surface area contributed by atoms with E-state index in [0.717, 1.165) is 11.1 Å². The van der Waals surface area contributed by atoms with E-state index in [9.17, 15) is 14.4 Å². The van der Waals surface area contributed by atoms with Gasteiger partial charge in [-0.3, -0.25) is 19.8 Å². The number of hydrogen-bond acceptors (Lipinski definition) is 5. The molecule has 0 fully saturated rings. The molecule has 0 spiro atoms. The zero-order chi connectivity index (χ0) is 21.8. The Labute approximate surface area is 177 Å². The molecule has 0 aromatic heterocycles. The van der Waals surface area contributed by atoms with Crippen LogP contribution in [0.4, 0.5) is 4.79 Å². The van der Waals surface area contributed by atoms with Crippen molar-refractivity contribution in [2.24, 2.45) is 0 Å². The van der Waals surface area contributed by atoms with E-state index in [0.29, 0.717) is 13.0 Å². The van der Waals surface area contributed by atoms with Crippen LogP contribution in [0.3, 0.4) is 0 Å². The number of imide groups is 1. The summed E-state index contributed by atoms with van der Waals surface area (Å²) in [5.74, 6) is -0.697. The first kappa shape index (κ1) is 23.1. The average Bonchev–Trinajstić information content (AvgIpc) is 2.74. The Morgan fingerprint density at radius 2 is 1.50 bits per heavy atom. The molecule has 0 aliphatic rings. The molecule has 1 atom stereocenters. The van der Waals surface area contributed by atoms with E-state index in [-0.39, 0.29) is 31.6 Å². The molecule has 3 amide bonds. The summed E-state index contributed by atoms with van der Waals surface area (Å²) in [5.41, 5.74) is 2.13. The quantitative estimate of drug-likeness (QED) is 0.628. The molecule has 0 bridgehead atoms. The minimum absolute atomic E-state index is 0.0465. The number of carbonyl (C=O) groups excluding carboxylic acids is 3. The lowest BCUT2D eigenvalue weighted by molar-refractivity contribution is -0.125. The summed E-state index contributed by atoms with van der Waals surface area (Å²) in [6, 6.07) is 19.6. The second-order valence-electron chi connectivity index (χ2n) is 6.79. The maximum absolute atomic E-state index is 12.7. The zero-order valence-corrected chi connectivity index (χ0v) is 17.5. The maximum atomic E-state index is 12.7. The Morgan fingerprint density at radius 1 is 0.900 bits per heavy atom. The normalized spacial score (nSPS) is 11.6. The van der Waals surface area contributed by atoms with Crippen LogP contribution < -0.4 is 10.6 Å². The molecule has 160 valence electrons. The van der Waals surface area contributed by atoms with E-state index in [1.807, 2.05) is 67.6 Å². The molecule has 2 aromatic carbocycles. The Balaban J connectivity index is 1.98. The third-order valence-corrected chi connectivity index (χ3v) is 4.52. The number of carbonyl (C=O) groups is 3. The first-order valence-electron chi connectivity index (χ1n) is 10.1. The SMILES string of the molecule is CCOC(=O)NC(=O)CN(CC)CC(=O)N[C@@H](Cc1ccccc1)c1ccccc1. The smallest absolute Gasteiger partial charge is 0.413 e. The molecule has 0 aliphatic carbocycles. The predicted molar refractivity (Wildman–Crippen MR) is 115 cm³/mol. The highest BCUT2D eigenvalue weighted by Crippen LogP contribution is 2.18. The van der Waals surface area contributed by atoms with Gasteiger partial charge in [-0.2, -0.15) is 0 Å². The number of likely N-dealkylation sites (N-methyl/N-ethyl adjacent to an activating group) is 1. The van der Waals surface area contributed by atoms with Crippen LogP contribution in [0, 0.1) is 0 Å². The monoisotopic (exact) mass is 411 g/mol.